The van der Waals surface area contributed by atoms with E-state index in [4.69, 9.17) is 0 Å². The lowest BCUT2D eigenvalue weighted by Crippen LogP contribution is -2.04. The van der Waals surface area contributed by atoms with Gasteiger partial charge in [0.05, 0.1) is 5.56 Å². The highest BCUT2D eigenvalue weighted by Crippen LogP contribution is 2.40. The number of benzene rings is 6. The van der Waals surface area contributed by atoms with E-state index in [-0.39, 0.29) is 11.7 Å². The maximum atomic E-state index is 12.4. The number of halogens is 5. The molecule has 0 aliphatic heterocycles. The first kappa shape index (κ1) is 61.6. The van der Waals surface area contributed by atoms with Gasteiger partial charge in [0.2, 0.25) is 0 Å². The molecule has 8 rings (SSSR count). The van der Waals surface area contributed by atoms with Gasteiger partial charge in [0, 0.05) is 4.47 Å². The van der Waals surface area contributed by atoms with Crippen molar-refractivity contribution in [3.63, 3.8) is 0 Å². The molecular weight excluding hydrogens is 937 g/mol. The van der Waals surface area contributed by atoms with Crippen molar-refractivity contribution in [3.8, 4) is 0 Å². The second-order valence-corrected chi connectivity index (χ2v) is 21.9. The summed E-state index contributed by atoms with van der Waals surface area (Å²) in [6.07, 6.45) is 1.58. The fraction of sp³-hybridized carbons (Fsp3) is 0.446. The second-order valence-electron chi connectivity index (χ2n) is 21.0. The van der Waals surface area contributed by atoms with Crippen molar-refractivity contribution in [2.75, 3.05) is 0 Å². The largest absolute Gasteiger partial charge is 0.416 e. The fourth-order valence-corrected chi connectivity index (χ4v) is 7.14. The Kier molecular flexibility index (Phi) is 28.0. The molecule has 6 aromatic carbocycles. The lowest BCUT2D eigenvalue weighted by molar-refractivity contribution is -0.137. The first-order chi connectivity index (χ1) is 32.9. The third-order valence-corrected chi connectivity index (χ3v) is 12.9. The Balaban J connectivity index is 0.000000282. The van der Waals surface area contributed by atoms with Gasteiger partial charge in [-0.25, -0.2) is 4.39 Å². The predicted molar refractivity (Wildman–Crippen MR) is 300 cm³/mol. The SMILES string of the molecule is CC(C)C1CC1.CC(C)c1ccc(Br)cc1.CC(C)c1ccc(C(F)(F)F)cc1.CC(C)c1ccc(C2CC2)cc1.CC(C)c1ccc(F)cc1.CC(C)c1ccccc1.Cc1ccc(C(C)C)cc1. The summed E-state index contributed by atoms with van der Waals surface area (Å²) in [4.78, 5) is 0. The summed E-state index contributed by atoms with van der Waals surface area (Å²) in [6, 6.07) is 48.7. The Labute approximate surface area is 432 Å². The lowest BCUT2D eigenvalue weighted by atomic mass is 10.0. The molecular formula is C65H87BrF4. The van der Waals surface area contributed by atoms with Crippen LogP contribution in [-0.4, -0.2) is 0 Å². The minimum Gasteiger partial charge on any atom is -0.207 e. The maximum absolute atomic E-state index is 12.4. The van der Waals surface area contributed by atoms with Gasteiger partial charge in [-0.1, -0.05) is 234 Å². The van der Waals surface area contributed by atoms with Gasteiger partial charge in [-0.2, -0.15) is 13.2 Å². The van der Waals surface area contributed by atoms with Gasteiger partial charge in [-0.3, -0.25) is 0 Å². The van der Waals surface area contributed by atoms with Gasteiger partial charge in [-0.15, -0.1) is 0 Å². The molecule has 0 N–H and O–H groups in total. The van der Waals surface area contributed by atoms with E-state index in [1.807, 2.05) is 32.0 Å². The van der Waals surface area contributed by atoms with Crippen LogP contribution in [-0.2, 0) is 6.18 Å². The molecule has 0 aromatic heterocycles. The number of aryl methyl sites for hydroxylation is 1. The van der Waals surface area contributed by atoms with E-state index in [1.54, 1.807) is 5.56 Å². The van der Waals surface area contributed by atoms with Gasteiger partial charge < -0.3 is 0 Å². The van der Waals surface area contributed by atoms with Gasteiger partial charge >= 0.3 is 6.18 Å². The highest BCUT2D eigenvalue weighted by molar-refractivity contribution is 9.10. The molecule has 0 radical (unpaired) electrons. The van der Waals surface area contributed by atoms with E-state index in [9.17, 15) is 17.6 Å². The van der Waals surface area contributed by atoms with E-state index >= 15 is 0 Å². The molecule has 70 heavy (non-hydrogen) atoms. The molecule has 0 atom stereocenters. The Bertz CT molecular complexity index is 2090. The van der Waals surface area contributed by atoms with Crippen molar-refractivity contribution in [3.05, 3.63) is 212 Å². The third kappa shape index (κ3) is 26.1. The summed E-state index contributed by atoms with van der Waals surface area (Å²) in [5.41, 5.74) is 10.1. The highest BCUT2D eigenvalue weighted by atomic mass is 79.9. The summed E-state index contributed by atoms with van der Waals surface area (Å²) in [7, 11) is 0. The lowest BCUT2D eigenvalue weighted by Gasteiger charge is -2.09. The number of alkyl halides is 3. The molecule has 0 unspecified atom stereocenters. The minimum atomic E-state index is -4.23. The van der Waals surface area contributed by atoms with Crippen molar-refractivity contribution in [1.29, 1.82) is 0 Å². The summed E-state index contributed by atoms with van der Waals surface area (Å²) < 4.78 is 49.9. The third-order valence-electron chi connectivity index (χ3n) is 12.4. The molecule has 0 nitrogen and oxygen atoms in total. The summed E-state index contributed by atoms with van der Waals surface area (Å²) in [6.45, 7) is 32.5. The first-order valence-electron chi connectivity index (χ1n) is 25.8. The van der Waals surface area contributed by atoms with Crippen LogP contribution >= 0.6 is 15.9 Å². The van der Waals surface area contributed by atoms with Crippen molar-refractivity contribution < 1.29 is 17.6 Å². The van der Waals surface area contributed by atoms with Crippen LogP contribution in [0.2, 0.25) is 0 Å². The Hall–Kier alpha value is -4.48. The van der Waals surface area contributed by atoms with Crippen LogP contribution in [0.15, 0.2) is 156 Å². The van der Waals surface area contributed by atoms with Crippen LogP contribution in [0.1, 0.15) is 214 Å². The number of hydrogen-bond donors (Lipinski definition) is 0. The normalized spacial score (nSPS) is 12.8. The number of hydrogen-bond acceptors (Lipinski definition) is 0. The molecule has 0 spiro atoms. The van der Waals surface area contributed by atoms with E-state index < -0.39 is 11.7 Å². The average molecular weight is 1020 g/mol. The molecule has 0 amide bonds. The summed E-state index contributed by atoms with van der Waals surface area (Å²) in [5.74, 6) is 6.16. The molecule has 382 valence electrons. The Morgan fingerprint density at radius 2 is 0.714 bits per heavy atom. The standard InChI is InChI=1S/C12H16.C10H11F3.C10H14.C9H11Br.C9H11F.C9H12.C6H12/c1-9(2)10-3-5-11(6-4-10)12-7-8-12;1-7(2)8-3-5-9(6-4-8)10(11,12)13;1-8(2)10-6-4-9(3)5-7-10;2*1-7(2)8-3-5-9(10)6-4-8;1-8(2)9-6-4-3-5-7-9;1-5(2)6-3-4-6/h3-6,9,12H,7-8H2,1-2H3;3-7H,1-2H3;4-8H,1-3H3;2*3-7H,1-2H3;3-8H,1-2H3;5-6H,3-4H2,1-2H3. The van der Waals surface area contributed by atoms with Crippen LogP contribution in [0.25, 0.3) is 0 Å². The molecule has 2 fully saturated rings. The van der Waals surface area contributed by atoms with Gasteiger partial charge in [0.15, 0.2) is 0 Å². The number of rotatable bonds is 8. The molecule has 6 aromatic rings. The van der Waals surface area contributed by atoms with E-state index in [2.05, 4.69) is 203 Å². The van der Waals surface area contributed by atoms with Crippen molar-refractivity contribution in [2.45, 2.75) is 177 Å². The van der Waals surface area contributed by atoms with Crippen molar-refractivity contribution >= 4 is 15.9 Å². The molecule has 0 heterocycles. The zero-order valence-electron chi connectivity index (χ0n) is 45.3. The molecule has 0 bridgehead atoms. The van der Waals surface area contributed by atoms with Crippen LogP contribution in [0.4, 0.5) is 17.6 Å². The Morgan fingerprint density at radius 1 is 0.400 bits per heavy atom. The second kappa shape index (κ2) is 31.8. The predicted octanol–water partition coefficient (Wildman–Crippen LogP) is 22.0. The minimum absolute atomic E-state index is 0.163. The fourth-order valence-electron chi connectivity index (χ4n) is 6.87. The van der Waals surface area contributed by atoms with Gasteiger partial charge in [-0.05, 0) is 161 Å². The first-order valence-corrected chi connectivity index (χ1v) is 26.6. The quantitative estimate of drug-likeness (QED) is 0.133. The van der Waals surface area contributed by atoms with Crippen LogP contribution in [0.3, 0.4) is 0 Å². The highest BCUT2D eigenvalue weighted by Gasteiger charge is 2.30. The average Bonchev–Trinajstić information content (AvgIpc) is 4.26. The van der Waals surface area contributed by atoms with Crippen molar-refractivity contribution in [1.82, 2.24) is 0 Å². The molecule has 5 heteroatoms. The van der Waals surface area contributed by atoms with Crippen molar-refractivity contribution in [2.24, 2.45) is 11.8 Å². The Morgan fingerprint density at radius 3 is 1.00 bits per heavy atom. The monoisotopic (exact) mass is 1020 g/mol. The van der Waals surface area contributed by atoms with E-state index in [0.717, 1.165) is 39.9 Å². The smallest absolute Gasteiger partial charge is 0.207 e. The topological polar surface area (TPSA) is 0 Å². The van der Waals surface area contributed by atoms with Crippen LogP contribution in [0.5, 0.6) is 0 Å². The van der Waals surface area contributed by atoms with Crippen LogP contribution in [0, 0.1) is 24.6 Å². The van der Waals surface area contributed by atoms with Gasteiger partial charge in [0.1, 0.15) is 5.82 Å². The maximum Gasteiger partial charge on any atom is 0.416 e. The molecule has 2 saturated carbocycles. The zero-order valence-corrected chi connectivity index (χ0v) is 46.9. The molecule has 2 aliphatic rings. The summed E-state index contributed by atoms with van der Waals surface area (Å²) >= 11 is 3.39. The zero-order chi connectivity index (χ0) is 52.6. The van der Waals surface area contributed by atoms with Crippen LogP contribution < -0.4 is 0 Å². The molecule has 2 aliphatic carbocycles. The van der Waals surface area contributed by atoms with E-state index in [0.29, 0.717) is 29.6 Å². The van der Waals surface area contributed by atoms with E-state index in [1.165, 1.54) is 83.3 Å². The van der Waals surface area contributed by atoms with Gasteiger partial charge in [0.25, 0.3) is 0 Å². The summed E-state index contributed by atoms with van der Waals surface area (Å²) in [5, 5.41) is 0. The molecule has 0 saturated heterocycles.